The van der Waals surface area contributed by atoms with Crippen molar-refractivity contribution >= 4 is 11.7 Å². The minimum Gasteiger partial charge on any atom is -0.441 e. The molecule has 1 unspecified atom stereocenters. The number of aromatic nitrogens is 4. The van der Waals surface area contributed by atoms with Crippen LogP contribution in [0.25, 0.3) is 17.2 Å². The maximum Gasteiger partial charge on any atom is 0.233 e. The Kier molecular flexibility index (Phi) is 4.89. The lowest BCUT2D eigenvalue weighted by Crippen LogP contribution is -2.30. The number of carbonyl (C=O) groups excluding carboxylic acids is 1. The summed E-state index contributed by atoms with van der Waals surface area (Å²) in [6.07, 6.45) is 6.36. The maximum absolute atomic E-state index is 12.6. The average molecular weight is 375 g/mol. The molecule has 0 aliphatic carbocycles. The van der Waals surface area contributed by atoms with Crippen LogP contribution in [0, 0.1) is 6.92 Å². The molecule has 0 spiro atoms. The van der Waals surface area contributed by atoms with E-state index in [4.69, 9.17) is 4.42 Å². The van der Waals surface area contributed by atoms with Gasteiger partial charge in [-0.1, -0.05) is 25.1 Å². The highest BCUT2D eigenvalue weighted by atomic mass is 16.4. The van der Waals surface area contributed by atoms with Crippen LogP contribution in [0.5, 0.6) is 0 Å². The molecule has 0 aliphatic heterocycles. The number of nitrogens with one attached hydrogen (secondary N) is 1. The number of fused-ring (bicyclic) bond motifs is 1. The van der Waals surface area contributed by atoms with E-state index in [2.05, 4.69) is 20.3 Å². The van der Waals surface area contributed by atoms with Crippen molar-refractivity contribution < 1.29 is 9.21 Å². The Morgan fingerprint density at radius 2 is 2.04 bits per heavy atom. The molecule has 1 atom stereocenters. The van der Waals surface area contributed by atoms with Crippen molar-refractivity contribution in [1.29, 1.82) is 0 Å². The van der Waals surface area contributed by atoms with Gasteiger partial charge in [-0.2, -0.15) is 0 Å². The van der Waals surface area contributed by atoms with E-state index in [1.807, 2.05) is 67.0 Å². The van der Waals surface area contributed by atoms with Crippen molar-refractivity contribution in [3.8, 4) is 11.5 Å². The Balaban J connectivity index is 1.48. The van der Waals surface area contributed by atoms with Gasteiger partial charge in [0, 0.05) is 24.2 Å². The van der Waals surface area contributed by atoms with Crippen molar-refractivity contribution in [2.75, 3.05) is 0 Å². The van der Waals surface area contributed by atoms with Gasteiger partial charge in [0.15, 0.2) is 0 Å². The maximum atomic E-state index is 12.6. The van der Waals surface area contributed by atoms with Gasteiger partial charge in [0.05, 0.1) is 23.9 Å². The van der Waals surface area contributed by atoms with Crippen LogP contribution in [0.3, 0.4) is 0 Å². The van der Waals surface area contributed by atoms with Crippen molar-refractivity contribution in [3.63, 3.8) is 0 Å². The zero-order valence-electron chi connectivity index (χ0n) is 15.8. The predicted molar refractivity (Wildman–Crippen MR) is 105 cm³/mol. The number of oxazole rings is 1. The Morgan fingerprint density at radius 3 is 2.79 bits per heavy atom. The number of hydrogen-bond donors (Lipinski definition) is 1. The van der Waals surface area contributed by atoms with Gasteiger partial charge in [0.1, 0.15) is 5.76 Å². The molecule has 4 aromatic rings. The second-order valence-corrected chi connectivity index (χ2v) is 6.59. The number of carbonyl (C=O) groups is 1. The SMILES string of the molecule is CCC(NC(=O)Cc1nc(-c2ccccc2)oc1C)c1cn2cccnc2n1. The second-order valence-electron chi connectivity index (χ2n) is 6.59. The van der Waals surface area contributed by atoms with E-state index in [9.17, 15) is 4.79 Å². The van der Waals surface area contributed by atoms with Crippen molar-refractivity contribution in [2.24, 2.45) is 0 Å². The lowest BCUT2D eigenvalue weighted by atomic mass is 10.1. The van der Waals surface area contributed by atoms with E-state index in [0.717, 1.165) is 17.7 Å². The van der Waals surface area contributed by atoms with E-state index in [-0.39, 0.29) is 18.4 Å². The minimum atomic E-state index is -0.185. The largest absolute Gasteiger partial charge is 0.441 e. The molecular weight excluding hydrogens is 354 g/mol. The van der Waals surface area contributed by atoms with Gasteiger partial charge in [-0.3, -0.25) is 9.20 Å². The lowest BCUT2D eigenvalue weighted by molar-refractivity contribution is -0.121. The number of nitrogens with zero attached hydrogens (tertiary/aromatic N) is 4. The molecule has 3 aromatic heterocycles. The fraction of sp³-hybridized carbons (Fsp3) is 0.238. The summed E-state index contributed by atoms with van der Waals surface area (Å²) in [5.74, 6) is 1.68. The smallest absolute Gasteiger partial charge is 0.233 e. The van der Waals surface area contributed by atoms with Gasteiger partial charge in [-0.05, 0) is 31.5 Å². The quantitative estimate of drug-likeness (QED) is 0.557. The summed E-state index contributed by atoms with van der Waals surface area (Å²) in [6.45, 7) is 3.84. The Labute approximate surface area is 162 Å². The molecule has 1 N–H and O–H groups in total. The predicted octanol–water partition coefficient (Wildman–Crippen LogP) is 3.50. The third-order valence-electron chi connectivity index (χ3n) is 4.60. The average Bonchev–Trinajstić information content (AvgIpc) is 3.30. The summed E-state index contributed by atoms with van der Waals surface area (Å²) >= 11 is 0. The first kappa shape index (κ1) is 17.9. The summed E-state index contributed by atoms with van der Waals surface area (Å²) in [5, 5.41) is 3.04. The molecule has 0 saturated carbocycles. The topological polar surface area (TPSA) is 85.3 Å². The van der Waals surface area contributed by atoms with E-state index >= 15 is 0 Å². The Bertz CT molecular complexity index is 1070. The van der Waals surface area contributed by atoms with Crippen molar-refractivity contribution in [2.45, 2.75) is 32.7 Å². The fourth-order valence-corrected chi connectivity index (χ4v) is 3.10. The number of aryl methyl sites for hydroxylation is 1. The summed E-state index contributed by atoms with van der Waals surface area (Å²) in [4.78, 5) is 25.9. The molecule has 28 heavy (non-hydrogen) atoms. The number of imidazole rings is 1. The van der Waals surface area contributed by atoms with E-state index < -0.39 is 0 Å². The summed E-state index contributed by atoms with van der Waals surface area (Å²) in [5.41, 5.74) is 2.32. The summed E-state index contributed by atoms with van der Waals surface area (Å²) < 4.78 is 7.59. The van der Waals surface area contributed by atoms with Gasteiger partial charge in [-0.15, -0.1) is 0 Å². The monoisotopic (exact) mass is 375 g/mol. The molecule has 0 saturated heterocycles. The summed E-state index contributed by atoms with van der Waals surface area (Å²) in [6, 6.07) is 11.3. The molecule has 0 aliphatic rings. The number of hydrogen-bond acceptors (Lipinski definition) is 5. The molecule has 7 heteroatoms. The molecule has 142 valence electrons. The highest BCUT2D eigenvalue weighted by Crippen LogP contribution is 2.22. The zero-order valence-corrected chi connectivity index (χ0v) is 15.8. The highest BCUT2D eigenvalue weighted by molar-refractivity contribution is 5.79. The van der Waals surface area contributed by atoms with Crippen LogP contribution in [-0.2, 0) is 11.2 Å². The van der Waals surface area contributed by atoms with E-state index in [1.54, 1.807) is 6.20 Å². The standard InChI is InChI=1S/C21H21N5O2/c1-3-16(18-13-26-11-7-10-22-21(26)25-18)23-19(27)12-17-14(2)28-20(24-17)15-8-5-4-6-9-15/h4-11,13,16H,3,12H2,1-2H3,(H,23,27). The highest BCUT2D eigenvalue weighted by Gasteiger charge is 2.19. The first-order valence-corrected chi connectivity index (χ1v) is 9.24. The van der Waals surface area contributed by atoms with Gasteiger partial charge in [0.2, 0.25) is 17.6 Å². The van der Waals surface area contributed by atoms with Crippen LogP contribution in [0.1, 0.15) is 36.5 Å². The zero-order chi connectivity index (χ0) is 19.5. The molecule has 0 fully saturated rings. The Morgan fingerprint density at radius 1 is 1.21 bits per heavy atom. The van der Waals surface area contributed by atoms with Gasteiger partial charge in [0.25, 0.3) is 0 Å². The van der Waals surface area contributed by atoms with Crippen LogP contribution < -0.4 is 5.32 Å². The normalized spacial score (nSPS) is 12.2. The van der Waals surface area contributed by atoms with Crippen LogP contribution in [0.2, 0.25) is 0 Å². The summed E-state index contributed by atoms with van der Waals surface area (Å²) in [7, 11) is 0. The van der Waals surface area contributed by atoms with Crippen LogP contribution in [0.4, 0.5) is 0 Å². The molecule has 7 nitrogen and oxygen atoms in total. The Hall–Kier alpha value is -3.48. The molecule has 1 amide bonds. The third kappa shape index (κ3) is 3.64. The minimum absolute atomic E-state index is 0.118. The van der Waals surface area contributed by atoms with Gasteiger partial charge >= 0.3 is 0 Å². The molecule has 1 aromatic carbocycles. The van der Waals surface area contributed by atoms with E-state index in [1.165, 1.54) is 0 Å². The van der Waals surface area contributed by atoms with Gasteiger partial charge in [-0.25, -0.2) is 15.0 Å². The lowest BCUT2D eigenvalue weighted by Gasteiger charge is -2.14. The van der Waals surface area contributed by atoms with E-state index in [0.29, 0.717) is 23.1 Å². The molecule has 0 radical (unpaired) electrons. The number of amides is 1. The van der Waals surface area contributed by atoms with Crippen molar-refractivity contribution in [3.05, 3.63) is 72.1 Å². The molecule has 3 heterocycles. The van der Waals surface area contributed by atoms with Crippen LogP contribution in [-0.4, -0.2) is 25.3 Å². The van der Waals surface area contributed by atoms with Crippen LogP contribution in [0.15, 0.2) is 59.4 Å². The number of rotatable bonds is 6. The first-order valence-electron chi connectivity index (χ1n) is 9.24. The van der Waals surface area contributed by atoms with Gasteiger partial charge < -0.3 is 9.73 Å². The second kappa shape index (κ2) is 7.64. The van der Waals surface area contributed by atoms with Crippen LogP contribution >= 0.6 is 0 Å². The first-order chi connectivity index (χ1) is 13.6. The fourth-order valence-electron chi connectivity index (χ4n) is 3.10. The third-order valence-corrected chi connectivity index (χ3v) is 4.60. The van der Waals surface area contributed by atoms with Crippen molar-refractivity contribution in [1.82, 2.24) is 24.7 Å². The molecule has 0 bridgehead atoms. The molecule has 4 rings (SSSR count). The number of benzene rings is 1. The molecular formula is C21H21N5O2.